The number of epoxide rings is 2. The van der Waals surface area contributed by atoms with Gasteiger partial charge < -0.3 is 23.7 Å². The maximum atomic E-state index is 12.6. The summed E-state index contributed by atoms with van der Waals surface area (Å²) in [7, 11) is 1.69. The van der Waals surface area contributed by atoms with Crippen LogP contribution in [-0.4, -0.2) is 55.8 Å². The zero-order valence-corrected chi connectivity index (χ0v) is 20.3. The van der Waals surface area contributed by atoms with Gasteiger partial charge >= 0.3 is 5.97 Å². The minimum absolute atomic E-state index is 0.0206. The molecule has 4 rings (SSSR count). The fourth-order valence-corrected chi connectivity index (χ4v) is 5.26. The highest BCUT2D eigenvalue weighted by molar-refractivity contribution is 5.87. The molecule has 2 unspecified atom stereocenters. The number of methoxy groups -OCH3 is 1. The molecule has 1 saturated carbocycles. The first-order chi connectivity index (χ1) is 15.8. The molecule has 0 aromatic heterocycles. The lowest BCUT2D eigenvalue weighted by Gasteiger charge is -2.42. The number of benzene rings is 1. The molecule has 6 heteroatoms. The van der Waals surface area contributed by atoms with E-state index in [1.54, 1.807) is 13.2 Å². The van der Waals surface area contributed by atoms with E-state index in [1.165, 1.54) is 11.6 Å². The molecule has 2 heterocycles. The van der Waals surface area contributed by atoms with Gasteiger partial charge in [-0.2, -0.15) is 0 Å². The lowest BCUT2D eigenvalue weighted by Crippen LogP contribution is -2.55. The van der Waals surface area contributed by atoms with Gasteiger partial charge in [0.15, 0.2) is 0 Å². The minimum Gasteiger partial charge on any atom is -0.494 e. The third-order valence-corrected chi connectivity index (χ3v) is 7.11. The predicted octanol–water partition coefficient (Wildman–Crippen LogP) is 4.72. The van der Waals surface area contributed by atoms with Gasteiger partial charge in [-0.15, -0.1) is 0 Å². The lowest BCUT2D eigenvalue weighted by atomic mass is 9.68. The number of rotatable bonds is 9. The van der Waals surface area contributed by atoms with Crippen LogP contribution in [-0.2, 0) is 23.7 Å². The van der Waals surface area contributed by atoms with Crippen molar-refractivity contribution in [2.45, 2.75) is 76.5 Å². The predicted molar refractivity (Wildman–Crippen MR) is 126 cm³/mol. The maximum Gasteiger partial charge on any atom is 0.331 e. The Labute approximate surface area is 196 Å². The number of carbonyl (C=O) groups is 1. The summed E-state index contributed by atoms with van der Waals surface area (Å²) in [4.78, 5) is 12.6. The fourth-order valence-electron chi connectivity index (χ4n) is 5.26. The molecule has 0 N–H and O–H groups in total. The van der Waals surface area contributed by atoms with Crippen LogP contribution in [0.25, 0.3) is 6.08 Å². The maximum absolute atomic E-state index is 12.6. The first-order valence-electron chi connectivity index (χ1n) is 11.9. The molecule has 0 radical (unpaired) electrons. The Kier molecular flexibility index (Phi) is 6.99. The highest BCUT2D eigenvalue weighted by atomic mass is 16.6. The molecule has 180 valence electrons. The van der Waals surface area contributed by atoms with Gasteiger partial charge in [0.2, 0.25) is 0 Å². The highest BCUT2D eigenvalue weighted by Gasteiger charge is 2.72. The Morgan fingerprint density at radius 3 is 2.58 bits per heavy atom. The van der Waals surface area contributed by atoms with Crippen LogP contribution in [0.5, 0.6) is 5.75 Å². The number of esters is 1. The molecule has 1 aromatic rings. The molecule has 6 nitrogen and oxygen atoms in total. The van der Waals surface area contributed by atoms with Crippen LogP contribution in [0.15, 0.2) is 42.0 Å². The molecule has 3 aliphatic rings. The topological polar surface area (TPSA) is 69.8 Å². The third kappa shape index (κ3) is 5.18. The largest absolute Gasteiger partial charge is 0.494 e. The van der Waals surface area contributed by atoms with E-state index in [4.69, 9.17) is 23.7 Å². The van der Waals surface area contributed by atoms with Crippen molar-refractivity contribution < 1.29 is 28.5 Å². The normalized spacial score (nSPS) is 34.8. The number of carbonyl (C=O) groups excluding carboxylic acids is 1. The van der Waals surface area contributed by atoms with Crippen molar-refractivity contribution in [2.75, 3.05) is 20.3 Å². The Bertz CT molecular complexity index is 896. The third-order valence-electron chi connectivity index (χ3n) is 7.11. The molecule has 1 aliphatic carbocycles. The van der Waals surface area contributed by atoms with E-state index in [2.05, 4.69) is 26.8 Å². The van der Waals surface area contributed by atoms with Crippen molar-refractivity contribution in [2.24, 2.45) is 5.92 Å². The quantitative estimate of drug-likeness (QED) is 0.232. The van der Waals surface area contributed by atoms with Gasteiger partial charge in [-0.3, -0.25) is 0 Å². The van der Waals surface area contributed by atoms with E-state index in [0.717, 1.165) is 24.2 Å². The molecule has 0 bridgehead atoms. The highest BCUT2D eigenvalue weighted by Crippen LogP contribution is 2.59. The van der Waals surface area contributed by atoms with Crippen molar-refractivity contribution in [1.82, 2.24) is 0 Å². The Morgan fingerprint density at radius 2 is 1.97 bits per heavy atom. The van der Waals surface area contributed by atoms with Crippen LogP contribution in [0.1, 0.15) is 52.5 Å². The van der Waals surface area contributed by atoms with Crippen molar-refractivity contribution in [1.29, 1.82) is 0 Å². The van der Waals surface area contributed by atoms with Crippen LogP contribution in [0, 0.1) is 5.92 Å². The molecule has 3 fully saturated rings. The van der Waals surface area contributed by atoms with Crippen molar-refractivity contribution in [3.8, 4) is 5.75 Å². The van der Waals surface area contributed by atoms with Crippen molar-refractivity contribution in [3.05, 3.63) is 47.6 Å². The van der Waals surface area contributed by atoms with Crippen LogP contribution in [0.4, 0.5) is 0 Å². The average Bonchev–Trinajstić information content (AvgIpc) is 3.70. The second-order valence-electron chi connectivity index (χ2n) is 9.69. The SMILES string of the molecule is CCOc1ccc(/C=C/C(=O)O[C@@H]2CC[C@]3(CO3)[C@@H](C3(C)OC3CC=C(C)C)[C@@H]2OC)cc1. The molecule has 2 aliphatic heterocycles. The molecule has 1 spiro atoms. The monoisotopic (exact) mass is 456 g/mol. The standard InChI is InChI=1S/C27H36O6/c1-6-30-20-11-8-19(9-12-20)10-14-23(28)32-21-15-16-27(17-31-27)25(24(21)29-5)26(4)22(33-26)13-7-18(2)3/h7-12,14,21-22,24-25H,6,13,15-17H2,1-5H3/b14-10+/t21-,22?,24-,25-,26?,27+/m1/s1. The van der Waals surface area contributed by atoms with Crippen LogP contribution in [0.2, 0.25) is 0 Å². The summed E-state index contributed by atoms with van der Waals surface area (Å²) in [5.74, 6) is 0.459. The summed E-state index contributed by atoms with van der Waals surface area (Å²) in [6, 6.07) is 7.60. The Hall–Kier alpha value is -2.15. The Balaban J connectivity index is 1.42. The minimum atomic E-state index is -0.370. The van der Waals surface area contributed by atoms with Crippen LogP contribution in [0.3, 0.4) is 0 Å². The molecular formula is C27H36O6. The van der Waals surface area contributed by atoms with E-state index in [0.29, 0.717) is 19.6 Å². The van der Waals surface area contributed by atoms with E-state index < -0.39 is 0 Å². The van der Waals surface area contributed by atoms with Gasteiger partial charge in [0.05, 0.1) is 25.2 Å². The van der Waals surface area contributed by atoms with E-state index in [1.807, 2.05) is 31.2 Å². The van der Waals surface area contributed by atoms with Gasteiger partial charge in [-0.05, 0) is 70.7 Å². The second kappa shape index (κ2) is 9.61. The van der Waals surface area contributed by atoms with Gasteiger partial charge in [0, 0.05) is 13.2 Å². The molecule has 1 aromatic carbocycles. The van der Waals surface area contributed by atoms with Crippen molar-refractivity contribution >= 4 is 12.0 Å². The summed E-state index contributed by atoms with van der Waals surface area (Å²) in [5.41, 5.74) is 1.62. The van der Waals surface area contributed by atoms with Crippen LogP contribution < -0.4 is 4.74 Å². The zero-order valence-electron chi connectivity index (χ0n) is 20.3. The summed E-state index contributed by atoms with van der Waals surface area (Å²) < 4.78 is 29.5. The number of ether oxygens (including phenoxy) is 5. The molecule has 33 heavy (non-hydrogen) atoms. The molecular weight excluding hydrogens is 420 g/mol. The second-order valence-corrected chi connectivity index (χ2v) is 9.69. The van der Waals surface area contributed by atoms with Crippen LogP contribution >= 0.6 is 0 Å². The van der Waals surface area contributed by atoms with E-state index in [9.17, 15) is 4.79 Å². The van der Waals surface area contributed by atoms with E-state index >= 15 is 0 Å². The van der Waals surface area contributed by atoms with Gasteiger partial charge in [-0.1, -0.05) is 23.8 Å². The van der Waals surface area contributed by atoms with Crippen molar-refractivity contribution in [3.63, 3.8) is 0 Å². The summed E-state index contributed by atoms with van der Waals surface area (Å²) >= 11 is 0. The first-order valence-corrected chi connectivity index (χ1v) is 11.9. The summed E-state index contributed by atoms with van der Waals surface area (Å²) in [6.45, 7) is 9.62. The average molecular weight is 457 g/mol. The summed E-state index contributed by atoms with van der Waals surface area (Å²) in [5, 5.41) is 0. The lowest BCUT2D eigenvalue weighted by molar-refractivity contribution is -0.166. The number of hydrogen-bond acceptors (Lipinski definition) is 6. The number of hydrogen-bond donors (Lipinski definition) is 0. The Morgan fingerprint density at radius 1 is 1.24 bits per heavy atom. The summed E-state index contributed by atoms with van der Waals surface area (Å²) in [6.07, 6.45) is 7.39. The fraction of sp³-hybridized carbons (Fsp3) is 0.593. The molecule has 0 amide bonds. The smallest absolute Gasteiger partial charge is 0.331 e. The van der Waals surface area contributed by atoms with Gasteiger partial charge in [0.1, 0.15) is 29.2 Å². The zero-order chi connectivity index (χ0) is 23.6. The van der Waals surface area contributed by atoms with E-state index in [-0.39, 0.29) is 41.4 Å². The molecule has 6 atom stereocenters. The molecule has 2 saturated heterocycles. The number of allylic oxidation sites excluding steroid dienone is 1. The van der Waals surface area contributed by atoms with Gasteiger partial charge in [-0.25, -0.2) is 4.79 Å². The first kappa shape index (κ1) is 24.0. The van der Waals surface area contributed by atoms with Gasteiger partial charge in [0.25, 0.3) is 0 Å².